The van der Waals surface area contributed by atoms with E-state index < -0.39 is 122 Å². The van der Waals surface area contributed by atoms with Gasteiger partial charge in [0, 0.05) is 31.6 Å². The van der Waals surface area contributed by atoms with E-state index in [0.29, 0.717) is 19.4 Å². The Morgan fingerprint density at radius 2 is 1.22 bits per heavy atom. The van der Waals surface area contributed by atoms with Crippen molar-refractivity contribution >= 4 is 5.78 Å². The Bertz CT molecular complexity index is 1210. The molecule has 0 saturated carbocycles. The van der Waals surface area contributed by atoms with E-state index in [4.69, 9.17) is 15.2 Å². The Kier molecular flexibility index (Phi) is 27.6. The van der Waals surface area contributed by atoms with Gasteiger partial charge in [0.2, 0.25) is 0 Å². The highest BCUT2D eigenvalue weighted by atomic mass is 16.7. The molecule has 0 aromatic heterocycles. The standard InChI is InChI=1S/C41H75NO17/c1-4-5-6-7-13-36(59-41-40(57)39(56)37(54)24(3)58-41)23(2)33(51)20-31(49)18-28(46)15-25(43)10-8-11-26(44)16-29(47)19-32(50)22-35(53)38(55)34(52)21-30(48)17-27(45)12-9-14-42/h4-8,10,23-32,34-41,43-50,52-57H,9,11-22,42H2,1-3H3. The van der Waals surface area contributed by atoms with Crippen LogP contribution in [0.5, 0.6) is 0 Å². The number of aliphatic hydroxyl groups is 14. The van der Waals surface area contributed by atoms with Gasteiger partial charge in [-0.05, 0) is 71.8 Å². The van der Waals surface area contributed by atoms with Crippen LogP contribution in [-0.4, -0.2) is 188 Å². The molecule has 1 rings (SSSR count). The van der Waals surface area contributed by atoms with Gasteiger partial charge in [-0.25, -0.2) is 0 Å². The molecule has 0 amide bonds. The van der Waals surface area contributed by atoms with E-state index in [0.717, 1.165) is 0 Å². The predicted octanol–water partition coefficient (Wildman–Crippen LogP) is -2.30. The molecule has 0 aromatic carbocycles. The zero-order chi connectivity index (χ0) is 44.8. The highest BCUT2D eigenvalue weighted by molar-refractivity contribution is 5.81. The van der Waals surface area contributed by atoms with E-state index in [-0.39, 0.29) is 57.8 Å². The lowest BCUT2D eigenvalue weighted by Gasteiger charge is -2.41. The van der Waals surface area contributed by atoms with Gasteiger partial charge in [0.15, 0.2) is 6.29 Å². The number of carbonyl (C=O) groups is 1. The van der Waals surface area contributed by atoms with Crippen LogP contribution in [0.1, 0.15) is 97.8 Å². The van der Waals surface area contributed by atoms with Crippen molar-refractivity contribution in [2.45, 2.75) is 202 Å². The molecular formula is C41H75NO17. The van der Waals surface area contributed by atoms with Crippen LogP contribution in [0.3, 0.4) is 0 Å². The zero-order valence-electron chi connectivity index (χ0n) is 34.6. The molecule has 1 saturated heterocycles. The Balaban J connectivity index is 2.53. The highest BCUT2D eigenvalue weighted by Crippen LogP contribution is 2.27. The van der Waals surface area contributed by atoms with E-state index in [2.05, 4.69) is 0 Å². The van der Waals surface area contributed by atoms with Gasteiger partial charge in [0.05, 0.1) is 73.2 Å². The average molecular weight is 854 g/mol. The first kappa shape index (κ1) is 55.2. The summed E-state index contributed by atoms with van der Waals surface area (Å²) in [4.78, 5) is 13.2. The van der Waals surface area contributed by atoms with Crippen LogP contribution in [0.15, 0.2) is 36.5 Å². The minimum absolute atomic E-state index is 0.0133. The number of hydrogen-bond acceptors (Lipinski definition) is 18. The number of ether oxygens (including phenoxy) is 2. The monoisotopic (exact) mass is 854 g/mol. The van der Waals surface area contributed by atoms with Gasteiger partial charge < -0.3 is 86.7 Å². The van der Waals surface area contributed by atoms with Crippen LogP contribution in [0.2, 0.25) is 0 Å². The molecule has 0 bridgehead atoms. The summed E-state index contributed by atoms with van der Waals surface area (Å²) in [5.41, 5.74) is 5.39. The largest absolute Gasteiger partial charge is 0.393 e. The molecule has 1 fully saturated rings. The molecule has 16 N–H and O–H groups in total. The molecule has 18 atom stereocenters. The summed E-state index contributed by atoms with van der Waals surface area (Å²) in [6.45, 7) is 5.28. The van der Waals surface area contributed by atoms with E-state index in [1.807, 2.05) is 6.92 Å². The fraction of sp³-hybridized carbons (Fsp3) is 0.829. The van der Waals surface area contributed by atoms with Crippen LogP contribution < -0.4 is 5.73 Å². The summed E-state index contributed by atoms with van der Waals surface area (Å²) >= 11 is 0. The Morgan fingerprint density at radius 1 is 0.678 bits per heavy atom. The Hall–Kier alpha value is -1.79. The SMILES string of the molecule is CC=CC=CCC(OC1OC(C)C(O)C(O)C1O)C(C)C(=O)CC(O)CC(O)CC(O)C=CCC(O)CC(O)CC(O)CC(O)C(O)C(O)CC(O)CC(O)CCCN. The maximum atomic E-state index is 13.2. The van der Waals surface area contributed by atoms with E-state index in [9.17, 15) is 76.3 Å². The van der Waals surface area contributed by atoms with E-state index in [1.165, 1.54) is 19.1 Å². The molecular weight excluding hydrogens is 778 g/mol. The zero-order valence-corrected chi connectivity index (χ0v) is 34.6. The van der Waals surface area contributed by atoms with Crippen molar-refractivity contribution in [2.75, 3.05) is 6.54 Å². The van der Waals surface area contributed by atoms with Gasteiger partial charge in [-0.15, -0.1) is 0 Å². The second kappa shape index (κ2) is 29.5. The molecule has 18 unspecified atom stereocenters. The second-order valence-electron chi connectivity index (χ2n) is 16.0. The molecule has 0 aromatic rings. The summed E-state index contributed by atoms with van der Waals surface area (Å²) in [5.74, 6) is -1.24. The molecule has 1 heterocycles. The first-order valence-corrected chi connectivity index (χ1v) is 20.7. The van der Waals surface area contributed by atoms with Gasteiger partial charge >= 0.3 is 0 Å². The van der Waals surface area contributed by atoms with Crippen molar-refractivity contribution in [3.8, 4) is 0 Å². The van der Waals surface area contributed by atoms with Crippen molar-refractivity contribution in [3.63, 3.8) is 0 Å². The minimum Gasteiger partial charge on any atom is -0.393 e. The number of hydrogen-bond donors (Lipinski definition) is 15. The lowest BCUT2D eigenvalue weighted by atomic mass is 9.91. The third kappa shape index (κ3) is 22.2. The number of allylic oxidation sites excluding steroid dienone is 3. The smallest absolute Gasteiger partial charge is 0.186 e. The van der Waals surface area contributed by atoms with E-state index in [1.54, 1.807) is 31.2 Å². The first-order valence-electron chi connectivity index (χ1n) is 20.7. The second-order valence-corrected chi connectivity index (χ2v) is 16.0. The number of nitrogens with two attached hydrogens (primary N) is 1. The summed E-state index contributed by atoms with van der Waals surface area (Å²) in [7, 11) is 0. The maximum Gasteiger partial charge on any atom is 0.186 e. The van der Waals surface area contributed by atoms with Crippen molar-refractivity contribution < 1.29 is 85.8 Å². The number of aliphatic hydroxyl groups excluding tert-OH is 14. The van der Waals surface area contributed by atoms with Crippen molar-refractivity contribution in [3.05, 3.63) is 36.5 Å². The first-order chi connectivity index (χ1) is 27.7. The molecule has 59 heavy (non-hydrogen) atoms. The average Bonchev–Trinajstić information content (AvgIpc) is 3.14. The van der Waals surface area contributed by atoms with E-state index >= 15 is 0 Å². The molecule has 0 aliphatic carbocycles. The number of rotatable bonds is 31. The number of ketones is 1. The highest BCUT2D eigenvalue weighted by Gasteiger charge is 2.44. The van der Waals surface area contributed by atoms with Crippen LogP contribution in [0, 0.1) is 5.92 Å². The predicted molar refractivity (Wildman–Crippen MR) is 215 cm³/mol. The fourth-order valence-corrected chi connectivity index (χ4v) is 6.84. The van der Waals surface area contributed by atoms with Crippen molar-refractivity contribution in [1.82, 2.24) is 0 Å². The number of carbonyl (C=O) groups excluding carboxylic acids is 1. The molecule has 0 radical (unpaired) electrons. The van der Waals surface area contributed by atoms with Gasteiger partial charge in [-0.1, -0.05) is 43.4 Å². The topological polar surface area (TPSA) is 345 Å². The summed E-state index contributed by atoms with van der Waals surface area (Å²) in [6, 6.07) is 0. The van der Waals surface area contributed by atoms with Gasteiger partial charge in [0.25, 0.3) is 0 Å². The quantitative estimate of drug-likeness (QED) is 0.0258. The number of Topliss-reactive ketones (excluding diaryl/α,β-unsaturated/α-hetero) is 1. The Morgan fingerprint density at radius 3 is 1.81 bits per heavy atom. The molecule has 18 heteroatoms. The van der Waals surface area contributed by atoms with Crippen LogP contribution in [0.25, 0.3) is 0 Å². The maximum absolute atomic E-state index is 13.2. The molecule has 346 valence electrons. The van der Waals surface area contributed by atoms with Crippen molar-refractivity contribution in [2.24, 2.45) is 11.7 Å². The third-order valence-corrected chi connectivity index (χ3v) is 10.4. The van der Waals surface area contributed by atoms with Crippen LogP contribution >= 0.6 is 0 Å². The summed E-state index contributed by atoms with van der Waals surface area (Å²) < 4.78 is 11.5. The lowest BCUT2D eigenvalue weighted by molar-refractivity contribution is -0.306. The van der Waals surface area contributed by atoms with Crippen molar-refractivity contribution in [1.29, 1.82) is 0 Å². The summed E-state index contributed by atoms with van der Waals surface area (Å²) in [5, 5.41) is 144. The van der Waals surface area contributed by atoms with Gasteiger partial charge in [-0.3, -0.25) is 4.79 Å². The fourth-order valence-electron chi connectivity index (χ4n) is 6.84. The third-order valence-electron chi connectivity index (χ3n) is 10.4. The van der Waals surface area contributed by atoms with Crippen LogP contribution in [0.4, 0.5) is 0 Å². The normalized spacial score (nSPS) is 27.2. The van der Waals surface area contributed by atoms with Gasteiger partial charge in [-0.2, -0.15) is 0 Å². The summed E-state index contributed by atoms with van der Waals surface area (Å²) in [6.07, 6.45) is -12.8. The van der Waals surface area contributed by atoms with Gasteiger partial charge in [0.1, 0.15) is 30.2 Å². The molecule has 18 nitrogen and oxygen atoms in total. The van der Waals surface area contributed by atoms with Crippen LogP contribution in [-0.2, 0) is 14.3 Å². The Labute approximate surface area is 347 Å². The lowest BCUT2D eigenvalue weighted by Crippen LogP contribution is -2.58. The molecule has 1 aliphatic heterocycles. The minimum atomic E-state index is -1.72. The molecule has 0 spiro atoms. The molecule has 1 aliphatic rings.